The van der Waals surface area contributed by atoms with E-state index in [9.17, 15) is 4.79 Å². The molecule has 2 rings (SSSR count). The highest BCUT2D eigenvalue weighted by Crippen LogP contribution is 2.23. The second-order valence-electron chi connectivity index (χ2n) is 3.78. The highest BCUT2D eigenvalue weighted by Gasteiger charge is 2.09. The molecule has 0 aliphatic heterocycles. The van der Waals surface area contributed by atoms with Crippen LogP contribution >= 0.6 is 11.8 Å². The third kappa shape index (κ3) is 3.05. The number of nitrogens with zero attached hydrogens (tertiary/aromatic N) is 3. The molecule has 0 saturated heterocycles. The first-order chi connectivity index (χ1) is 9.11. The minimum absolute atomic E-state index is 0.347. The van der Waals surface area contributed by atoms with Crippen molar-refractivity contribution >= 4 is 17.7 Å². The zero-order chi connectivity index (χ0) is 13.8. The summed E-state index contributed by atoms with van der Waals surface area (Å²) in [6.07, 6.45) is 1.94. The molecule has 0 radical (unpaired) electrons. The lowest BCUT2D eigenvalue weighted by atomic mass is 10.2. The molecule has 2 aromatic rings. The van der Waals surface area contributed by atoms with E-state index < -0.39 is 5.97 Å². The van der Waals surface area contributed by atoms with Gasteiger partial charge in [-0.15, -0.1) is 10.2 Å². The highest BCUT2D eigenvalue weighted by atomic mass is 32.2. The van der Waals surface area contributed by atoms with Crippen LogP contribution in [0.1, 0.15) is 0 Å². The van der Waals surface area contributed by atoms with E-state index in [0.717, 1.165) is 16.5 Å². The lowest BCUT2D eigenvalue weighted by Crippen LogP contribution is -2.09. The van der Waals surface area contributed by atoms with E-state index in [-0.39, 0.29) is 6.61 Å². The first-order valence-electron chi connectivity index (χ1n) is 5.50. The minimum Gasteiger partial charge on any atom is -0.482 e. The predicted molar refractivity (Wildman–Crippen MR) is 71.4 cm³/mol. The Balaban J connectivity index is 2.17. The molecule has 19 heavy (non-hydrogen) atoms. The normalized spacial score (nSPS) is 10.4. The summed E-state index contributed by atoms with van der Waals surface area (Å²) in [4.78, 5) is 10.4. The predicted octanol–water partition coefficient (Wildman–Crippen LogP) is 1.67. The van der Waals surface area contributed by atoms with Gasteiger partial charge in [0.05, 0.1) is 0 Å². The third-order valence-electron chi connectivity index (χ3n) is 2.49. The fourth-order valence-electron chi connectivity index (χ4n) is 1.59. The molecule has 1 aromatic carbocycles. The maximum Gasteiger partial charge on any atom is 0.341 e. The highest BCUT2D eigenvalue weighted by molar-refractivity contribution is 7.98. The molecule has 0 saturated carbocycles. The van der Waals surface area contributed by atoms with Crippen LogP contribution in [0.4, 0.5) is 0 Å². The Morgan fingerprint density at radius 2 is 2.05 bits per heavy atom. The fraction of sp³-hybridized carbons (Fsp3) is 0.250. The van der Waals surface area contributed by atoms with Gasteiger partial charge in [0, 0.05) is 12.6 Å². The summed E-state index contributed by atoms with van der Waals surface area (Å²) in [7, 11) is 1.90. The quantitative estimate of drug-likeness (QED) is 0.839. The molecule has 0 spiro atoms. The van der Waals surface area contributed by atoms with Crippen molar-refractivity contribution in [1.82, 2.24) is 14.8 Å². The zero-order valence-corrected chi connectivity index (χ0v) is 11.3. The van der Waals surface area contributed by atoms with Gasteiger partial charge in [-0.1, -0.05) is 11.8 Å². The SMILES string of the molecule is CSc1nnc(-c2ccc(OCC(=O)O)cc2)n1C. The van der Waals surface area contributed by atoms with Gasteiger partial charge in [-0.25, -0.2) is 4.79 Å². The van der Waals surface area contributed by atoms with E-state index in [0.29, 0.717) is 5.75 Å². The van der Waals surface area contributed by atoms with Gasteiger partial charge in [-0.05, 0) is 30.5 Å². The van der Waals surface area contributed by atoms with Gasteiger partial charge < -0.3 is 14.4 Å². The summed E-state index contributed by atoms with van der Waals surface area (Å²) in [5.74, 6) is 0.273. The van der Waals surface area contributed by atoms with E-state index in [2.05, 4.69) is 10.2 Å². The van der Waals surface area contributed by atoms with Crippen LogP contribution in [0.2, 0.25) is 0 Å². The van der Waals surface area contributed by atoms with Gasteiger partial charge in [0.15, 0.2) is 17.6 Å². The van der Waals surface area contributed by atoms with Gasteiger partial charge in [-0.2, -0.15) is 0 Å². The number of carbonyl (C=O) groups is 1. The molecule has 1 heterocycles. The topological polar surface area (TPSA) is 77.2 Å². The summed E-state index contributed by atoms with van der Waals surface area (Å²) in [5, 5.41) is 17.5. The van der Waals surface area contributed by atoms with Crippen molar-refractivity contribution in [2.75, 3.05) is 12.9 Å². The van der Waals surface area contributed by atoms with Gasteiger partial charge in [0.1, 0.15) is 5.75 Å². The van der Waals surface area contributed by atoms with E-state index in [1.54, 1.807) is 12.1 Å². The van der Waals surface area contributed by atoms with E-state index in [4.69, 9.17) is 9.84 Å². The molecule has 0 amide bonds. The molecule has 0 unspecified atom stereocenters. The first kappa shape index (κ1) is 13.4. The Hall–Kier alpha value is -2.02. The smallest absolute Gasteiger partial charge is 0.341 e. The maximum absolute atomic E-state index is 10.4. The second-order valence-corrected chi connectivity index (χ2v) is 4.55. The number of aliphatic carboxylic acids is 1. The largest absolute Gasteiger partial charge is 0.482 e. The zero-order valence-electron chi connectivity index (χ0n) is 10.5. The molecule has 0 fully saturated rings. The van der Waals surface area contributed by atoms with Crippen LogP contribution in [0.15, 0.2) is 29.4 Å². The van der Waals surface area contributed by atoms with Gasteiger partial charge in [0.25, 0.3) is 0 Å². The van der Waals surface area contributed by atoms with Crippen molar-refractivity contribution in [3.8, 4) is 17.1 Å². The molecule has 7 heteroatoms. The molecule has 1 N–H and O–H groups in total. The van der Waals surface area contributed by atoms with Gasteiger partial charge in [-0.3, -0.25) is 0 Å². The molecule has 0 aliphatic rings. The first-order valence-corrected chi connectivity index (χ1v) is 6.72. The van der Waals surface area contributed by atoms with E-state index in [1.165, 1.54) is 11.8 Å². The van der Waals surface area contributed by atoms with Gasteiger partial charge in [0.2, 0.25) is 0 Å². The van der Waals surface area contributed by atoms with Crippen molar-refractivity contribution < 1.29 is 14.6 Å². The van der Waals surface area contributed by atoms with Crippen molar-refractivity contribution in [2.45, 2.75) is 5.16 Å². The Morgan fingerprint density at radius 3 is 2.58 bits per heavy atom. The van der Waals surface area contributed by atoms with Crippen molar-refractivity contribution in [3.05, 3.63) is 24.3 Å². The molecule has 0 aliphatic carbocycles. The second kappa shape index (κ2) is 5.75. The molecular weight excluding hydrogens is 266 g/mol. The molecule has 0 atom stereocenters. The summed E-state index contributed by atoms with van der Waals surface area (Å²) in [6, 6.07) is 7.08. The Morgan fingerprint density at radius 1 is 1.37 bits per heavy atom. The number of carboxylic acids is 1. The van der Waals surface area contributed by atoms with Crippen LogP contribution in [0.25, 0.3) is 11.4 Å². The van der Waals surface area contributed by atoms with Crippen LogP contribution in [-0.4, -0.2) is 38.7 Å². The Labute approximate surface area is 114 Å². The van der Waals surface area contributed by atoms with Crippen LogP contribution in [0.5, 0.6) is 5.75 Å². The fourth-order valence-corrected chi connectivity index (χ4v) is 2.07. The lowest BCUT2D eigenvalue weighted by Gasteiger charge is -2.05. The number of hydrogen-bond donors (Lipinski definition) is 1. The van der Waals surface area contributed by atoms with Gasteiger partial charge >= 0.3 is 5.97 Å². The summed E-state index contributed by atoms with van der Waals surface area (Å²) < 4.78 is 6.97. The van der Waals surface area contributed by atoms with Crippen molar-refractivity contribution in [3.63, 3.8) is 0 Å². The molecule has 1 aromatic heterocycles. The summed E-state index contributed by atoms with van der Waals surface area (Å²) in [5.41, 5.74) is 0.901. The van der Waals surface area contributed by atoms with Crippen LogP contribution in [0, 0.1) is 0 Å². The third-order valence-corrected chi connectivity index (χ3v) is 3.21. The standard InChI is InChI=1S/C12H13N3O3S/c1-15-11(13-14-12(15)19-2)8-3-5-9(6-4-8)18-7-10(16)17/h3-6H,7H2,1-2H3,(H,16,17). The average molecular weight is 279 g/mol. The summed E-state index contributed by atoms with van der Waals surface area (Å²) in [6.45, 7) is -0.347. The van der Waals surface area contributed by atoms with E-state index in [1.807, 2.05) is 30.0 Å². The minimum atomic E-state index is -0.998. The number of thioether (sulfide) groups is 1. The van der Waals surface area contributed by atoms with E-state index >= 15 is 0 Å². The maximum atomic E-state index is 10.4. The molecule has 0 bridgehead atoms. The number of benzene rings is 1. The monoisotopic (exact) mass is 279 g/mol. The Bertz CT molecular complexity index is 580. The number of ether oxygens (including phenoxy) is 1. The number of carboxylic acid groups (broad SMARTS) is 1. The average Bonchev–Trinajstić information content (AvgIpc) is 2.78. The number of aromatic nitrogens is 3. The van der Waals surface area contributed by atoms with Crippen LogP contribution < -0.4 is 4.74 Å². The number of hydrogen-bond acceptors (Lipinski definition) is 5. The van der Waals surface area contributed by atoms with Crippen LogP contribution in [0.3, 0.4) is 0 Å². The van der Waals surface area contributed by atoms with Crippen molar-refractivity contribution in [1.29, 1.82) is 0 Å². The molecule has 6 nitrogen and oxygen atoms in total. The molecule has 100 valence electrons. The molecular formula is C12H13N3O3S. The van der Waals surface area contributed by atoms with Crippen molar-refractivity contribution in [2.24, 2.45) is 7.05 Å². The lowest BCUT2D eigenvalue weighted by molar-refractivity contribution is -0.139. The number of rotatable bonds is 5. The Kier molecular flexibility index (Phi) is 4.06. The van der Waals surface area contributed by atoms with Crippen LogP contribution in [-0.2, 0) is 11.8 Å². The summed E-state index contributed by atoms with van der Waals surface area (Å²) >= 11 is 1.52.